The molecular weight excluding hydrogens is 336 g/mol. The maximum Gasteiger partial charge on any atom is 0.354 e. The van der Waals surface area contributed by atoms with Crippen molar-refractivity contribution >= 4 is 17.7 Å². The number of carbonyl (C=O) groups is 3. The molecule has 0 spiro atoms. The van der Waals surface area contributed by atoms with E-state index >= 15 is 0 Å². The fourth-order valence-corrected chi connectivity index (χ4v) is 3.20. The molecule has 7 nitrogen and oxygen atoms in total. The van der Waals surface area contributed by atoms with Crippen molar-refractivity contribution in [2.24, 2.45) is 0 Å². The number of ketones is 1. The Morgan fingerprint density at radius 1 is 1.23 bits per heavy atom. The number of hydrogen-bond donors (Lipinski definition) is 0. The number of aromatic nitrogens is 1. The molecule has 0 atom stereocenters. The van der Waals surface area contributed by atoms with E-state index in [4.69, 9.17) is 9.15 Å². The number of Topliss-reactive ketones (excluding diaryl/α,β-unsaturated/α-hetero) is 1. The number of nitrogens with zero attached hydrogens (tertiary/aromatic N) is 2. The SMILES string of the molecule is CCN(CC(=O)c1c(C)c(C(=O)OC)n(CC)c1C)C(=O)c1ccco1. The molecular formula is C19H24N2O5. The van der Waals surface area contributed by atoms with E-state index in [2.05, 4.69) is 0 Å². The van der Waals surface area contributed by atoms with Crippen molar-refractivity contribution in [2.45, 2.75) is 34.2 Å². The molecule has 140 valence electrons. The summed E-state index contributed by atoms with van der Waals surface area (Å²) in [7, 11) is 1.31. The van der Waals surface area contributed by atoms with Crippen molar-refractivity contribution in [3.63, 3.8) is 0 Å². The molecule has 0 bridgehead atoms. The summed E-state index contributed by atoms with van der Waals surface area (Å²) in [6, 6.07) is 3.19. The fourth-order valence-electron chi connectivity index (χ4n) is 3.20. The van der Waals surface area contributed by atoms with E-state index in [1.807, 2.05) is 6.92 Å². The van der Waals surface area contributed by atoms with Crippen LogP contribution in [0.2, 0.25) is 0 Å². The van der Waals surface area contributed by atoms with Gasteiger partial charge < -0.3 is 18.6 Å². The monoisotopic (exact) mass is 360 g/mol. The topological polar surface area (TPSA) is 81.8 Å². The summed E-state index contributed by atoms with van der Waals surface area (Å²) in [4.78, 5) is 38.9. The predicted molar refractivity (Wildman–Crippen MR) is 95.5 cm³/mol. The van der Waals surface area contributed by atoms with Crippen LogP contribution in [0.3, 0.4) is 0 Å². The second-order valence-electron chi connectivity index (χ2n) is 5.89. The van der Waals surface area contributed by atoms with Crippen molar-refractivity contribution in [2.75, 3.05) is 20.2 Å². The lowest BCUT2D eigenvalue weighted by atomic mass is 10.1. The molecule has 0 aliphatic carbocycles. The highest BCUT2D eigenvalue weighted by atomic mass is 16.5. The first-order valence-electron chi connectivity index (χ1n) is 8.51. The van der Waals surface area contributed by atoms with E-state index in [1.165, 1.54) is 18.3 Å². The van der Waals surface area contributed by atoms with Crippen molar-refractivity contribution in [3.8, 4) is 0 Å². The third-order valence-electron chi connectivity index (χ3n) is 4.48. The Labute approximate surface area is 152 Å². The Bertz CT molecular complexity index is 818. The molecule has 0 N–H and O–H groups in total. The Hall–Kier alpha value is -2.83. The highest BCUT2D eigenvalue weighted by molar-refractivity contribution is 6.05. The molecule has 2 aromatic rings. The van der Waals surface area contributed by atoms with Crippen molar-refractivity contribution in [3.05, 3.63) is 46.7 Å². The molecule has 2 aromatic heterocycles. The van der Waals surface area contributed by atoms with Crippen LogP contribution in [0.25, 0.3) is 0 Å². The minimum absolute atomic E-state index is 0.0912. The van der Waals surface area contributed by atoms with Crippen LogP contribution in [-0.2, 0) is 11.3 Å². The number of ether oxygens (including phenoxy) is 1. The van der Waals surface area contributed by atoms with Gasteiger partial charge in [-0.1, -0.05) is 0 Å². The van der Waals surface area contributed by atoms with Crippen LogP contribution >= 0.6 is 0 Å². The van der Waals surface area contributed by atoms with Crippen molar-refractivity contribution < 1.29 is 23.5 Å². The molecule has 0 fully saturated rings. The molecule has 26 heavy (non-hydrogen) atoms. The van der Waals surface area contributed by atoms with Crippen LogP contribution < -0.4 is 0 Å². The standard InChI is InChI=1S/C19H24N2O5/c1-6-20(18(23)15-9-8-10-26-15)11-14(22)16-12(3)17(19(24)25-5)21(7-2)13(16)4/h8-10H,6-7,11H2,1-5H3. The van der Waals surface area contributed by atoms with Gasteiger partial charge in [0.05, 0.1) is 19.9 Å². The lowest BCUT2D eigenvalue weighted by Crippen LogP contribution is -2.35. The van der Waals surface area contributed by atoms with E-state index < -0.39 is 5.97 Å². The van der Waals surface area contributed by atoms with E-state index in [9.17, 15) is 14.4 Å². The van der Waals surface area contributed by atoms with Gasteiger partial charge in [0.1, 0.15) is 5.69 Å². The predicted octanol–water partition coefficient (Wildman–Crippen LogP) is 2.85. The van der Waals surface area contributed by atoms with E-state index in [1.54, 1.807) is 37.5 Å². The summed E-state index contributed by atoms with van der Waals surface area (Å²) < 4.78 is 11.7. The second-order valence-corrected chi connectivity index (χ2v) is 5.89. The molecule has 0 aliphatic rings. The number of hydrogen-bond acceptors (Lipinski definition) is 5. The summed E-state index contributed by atoms with van der Waals surface area (Å²) in [5.74, 6) is -0.858. The molecule has 1 amide bonds. The summed E-state index contributed by atoms with van der Waals surface area (Å²) in [5, 5.41) is 0. The highest BCUT2D eigenvalue weighted by Crippen LogP contribution is 2.24. The van der Waals surface area contributed by atoms with Gasteiger partial charge in [0.2, 0.25) is 0 Å². The van der Waals surface area contributed by atoms with Crippen molar-refractivity contribution in [1.29, 1.82) is 0 Å². The summed E-state index contributed by atoms with van der Waals surface area (Å²) in [5.41, 5.74) is 2.09. The van der Waals surface area contributed by atoms with Gasteiger partial charge in [-0.3, -0.25) is 9.59 Å². The molecule has 0 saturated heterocycles. The first-order chi connectivity index (χ1) is 12.4. The summed E-state index contributed by atoms with van der Waals surface area (Å²) in [6.45, 7) is 8.02. The zero-order valence-corrected chi connectivity index (χ0v) is 15.8. The zero-order chi connectivity index (χ0) is 19.4. The Balaban J connectivity index is 2.36. The number of methoxy groups -OCH3 is 1. The average molecular weight is 360 g/mol. The molecule has 7 heteroatoms. The van der Waals surface area contributed by atoms with Gasteiger partial charge in [-0.05, 0) is 45.4 Å². The Morgan fingerprint density at radius 2 is 1.92 bits per heavy atom. The van der Waals surface area contributed by atoms with Crippen LogP contribution in [0.5, 0.6) is 0 Å². The first kappa shape index (κ1) is 19.5. The molecule has 0 saturated carbocycles. The van der Waals surface area contributed by atoms with Gasteiger partial charge in [-0.2, -0.15) is 0 Å². The maximum absolute atomic E-state index is 12.9. The maximum atomic E-state index is 12.9. The summed E-state index contributed by atoms with van der Waals surface area (Å²) >= 11 is 0. The zero-order valence-electron chi connectivity index (χ0n) is 15.8. The second kappa shape index (κ2) is 8.03. The van der Waals surface area contributed by atoms with Crippen LogP contribution in [-0.4, -0.2) is 47.3 Å². The molecule has 0 radical (unpaired) electrons. The smallest absolute Gasteiger partial charge is 0.354 e. The normalized spacial score (nSPS) is 10.7. The number of rotatable bonds is 7. The van der Waals surface area contributed by atoms with E-state index in [-0.39, 0.29) is 24.0 Å². The lowest BCUT2D eigenvalue weighted by Gasteiger charge is -2.19. The molecule has 0 unspecified atom stereocenters. The minimum atomic E-state index is -0.481. The van der Waals surface area contributed by atoms with Gasteiger partial charge in [0.15, 0.2) is 11.5 Å². The van der Waals surface area contributed by atoms with Gasteiger partial charge in [0.25, 0.3) is 5.91 Å². The third-order valence-corrected chi connectivity index (χ3v) is 4.48. The van der Waals surface area contributed by atoms with E-state index in [0.29, 0.717) is 35.6 Å². The molecule has 2 rings (SSSR count). The quantitative estimate of drug-likeness (QED) is 0.560. The van der Waals surface area contributed by atoms with Crippen LogP contribution in [0.15, 0.2) is 22.8 Å². The lowest BCUT2D eigenvalue weighted by molar-refractivity contribution is 0.0587. The number of carbonyl (C=O) groups excluding carboxylic acids is 3. The molecule has 0 aromatic carbocycles. The Morgan fingerprint density at radius 3 is 2.42 bits per heavy atom. The van der Waals surface area contributed by atoms with Crippen molar-refractivity contribution in [1.82, 2.24) is 9.47 Å². The minimum Gasteiger partial charge on any atom is -0.464 e. The number of furan rings is 1. The van der Waals surface area contributed by atoms with Crippen LogP contribution in [0, 0.1) is 13.8 Å². The molecule has 0 aliphatic heterocycles. The third kappa shape index (κ3) is 3.42. The van der Waals surface area contributed by atoms with Gasteiger partial charge >= 0.3 is 5.97 Å². The van der Waals surface area contributed by atoms with Gasteiger partial charge in [-0.15, -0.1) is 0 Å². The van der Waals surface area contributed by atoms with Crippen LogP contribution in [0.1, 0.15) is 56.5 Å². The van der Waals surface area contributed by atoms with Crippen LogP contribution in [0.4, 0.5) is 0 Å². The fraction of sp³-hybridized carbons (Fsp3) is 0.421. The van der Waals surface area contributed by atoms with E-state index in [0.717, 1.165) is 0 Å². The number of likely N-dealkylation sites (N-methyl/N-ethyl adjacent to an activating group) is 1. The molecule has 2 heterocycles. The Kier molecular flexibility index (Phi) is 6.02. The number of esters is 1. The average Bonchev–Trinajstić information content (AvgIpc) is 3.24. The number of amides is 1. The largest absolute Gasteiger partial charge is 0.464 e. The summed E-state index contributed by atoms with van der Waals surface area (Å²) in [6.07, 6.45) is 1.42. The first-order valence-corrected chi connectivity index (χ1v) is 8.51. The highest BCUT2D eigenvalue weighted by Gasteiger charge is 2.28. The van der Waals surface area contributed by atoms with Gasteiger partial charge in [-0.25, -0.2) is 4.79 Å². The van der Waals surface area contributed by atoms with Gasteiger partial charge in [0, 0.05) is 24.3 Å².